The molecule has 0 bridgehead atoms. The first-order chi connectivity index (χ1) is 9.34. The molecule has 0 radical (unpaired) electrons. The fraction of sp³-hybridized carbons (Fsp3) is 0.625. The lowest BCUT2D eigenvalue weighted by molar-refractivity contribution is 0.195. The van der Waals surface area contributed by atoms with Crippen molar-refractivity contribution >= 4 is 0 Å². The molecule has 2 aliphatic heterocycles. The van der Waals surface area contributed by atoms with Crippen LogP contribution in [-0.4, -0.2) is 49.6 Å². The van der Waals surface area contributed by atoms with Crippen LogP contribution in [0.5, 0.6) is 0 Å². The number of hydrogen-bond donors (Lipinski definition) is 1. The predicted octanol–water partition coefficient (Wildman–Crippen LogP) is 1.86. The van der Waals surface area contributed by atoms with E-state index in [0.29, 0.717) is 6.04 Å². The predicted molar refractivity (Wildman–Crippen MR) is 79.2 cm³/mol. The third-order valence-electron chi connectivity index (χ3n) is 4.52. The molecule has 19 heavy (non-hydrogen) atoms. The smallest absolute Gasteiger partial charge is 0.0363 e. The minimum absolute atomic E-state index is 0.609. The molecule has 0 amide bonds. The second-order valence-electron chi connectivity index (χ2n) is 5.87. The minimum atomic E-state index is 0.609. The number of likely N-dealkylation sites (N-methyl/N-ethyl adjacent to an activating group) is 1. The van der Waals surface area contributed by atoms with Gasteiger partial charge in [-0.1, -0.05) is 24.3 Å². The summed E-state index contributed by atoms with van der Waals surface area (Å²) in [7, 11) is 2.24. The van der Waals surface area contributed by atoms with Crippen molar-refractivity contribution in [1.82, 2.24) is 15.1 Å². The molecule has 104 valence electrons. The highest BCUT2D eigenvalue weighted by Crippen LogP contribution is 2.29. The van der Waals surface area contributed by atoms with Crippen molar-refractivity contribution in [3.63, 3.8) is 0 Å². The van der Waals surface area contributed by atoms with E-state index in [0.717, 1.165) is 13.1 Å². The van der Waals surface area contributed by atoms with Crippen LogP contribution in [0.25, 0.3) is 0 Å². The Labute approximate surface area is 116 Å². The van der Waals surface area contributed by atoms with E-state index < -0.39 is 0 Å². The maximum absolute atomic E-state index is 3.56. The normalized spacial score (nSPS) is 26.5. The summed E-state index contributed by atoms with van der Waals surface area (Å²) < 4.78 is 0. The van der Waals surface area contributed by atoms with E-state index in [2.05, 4.69) is 46.4 Å². The molecule has 1 unspecified atom stereocenters. The van der Waals surface area contributed by atoms with Crippen LogP contribution in [0.2, 0.25) is 0 Å². The van der Waals surface area contributed by atoms with E-state index in [1.165, 1.54) is 44.6 Å². The summed E-state index contributed by atoms with van der Waals surface area (Å²) >= 11 is 0. The summed E-state index contributed by atoms with van der Waals surface area (Å²) in [6, 6.07) is 9.59. The van der Waals surface area contributed by atoms with Gasteiger partial charge in [-0.25, -0.2) is 0 Å². The van der Waals surface area contributed by atoms with Crippen molar-refractivity contribution < 1.29 is 0 Å². The van der Waals surface area contributed by atoms with Gasteiger partial charge in [0, 0.05) is 32.2 Å². The highest BCUT2D eigenvalue weighted by molar-refractivity contribution is 5.31. The molecular weight excluding hydrogens is 234 g/mol. The van der Waals surface area contributed by atoms with Crippen LogP contribution in [0.15, 0.2) is 24.3 Å². The number of nitrogens with zero attached hydrogens (tertiary/aromatic N) is 2. The van der Waals surface area contributed by atoms with Crippen molar-refractivity contribution in [1.29, 1.82) is 0 Å². The van der Waals surface area contributed by atoms with Gasteiger partial charge in [-0.2, -0.15) is 0 Å². The Kier molecular flexibility index (Phi) is 4.16. The molecule has 0 saturated carbocycles. The zero-order chi connectivity index (χ0) is 13.1. The maximum atomic E-state index is 3.56. The molecule has 1 N–H and O–H groups in total. The van der Waals surface area contributed by atoms with E-state index >= 15 is 0 Å². The van der Waals surface area contributed by atoms with Gasteiger partial charge in [0.15, 0.2) is 0 Å². The fourth-order valence-corrected chi connectivity index (χ4v) is 3.40. The molecule has 2 heterocycles. The number of fused-ring (bicyclic) bond motifs is 1. The average Bonchev–Trinajstić information content (AvgIpc) is 2.76. The largest absolute Gasteiger partial charge is 0.313 e. The van der Waals surface area contributed by atoms with Crippen LogP contribution in [0.1, 0.15) is 30.0 Å². The van der Waals surface area contributed by atoms with Gasteiger partial charge in [-0.15, -0.1) is 0 Å². The molecule has 1 aromatic rings. The molecule has 2 aliphatic rings. The lowest BCUT2D eigenvalue weighted by Crippen LogP contribution is -2.33. The van der Waals surface area contributed by atoms with Crippen LogP contribution in [-0.2, 0) is 6.54 Å². The van der Waals surface area contributed by atoms with Crippen LogP contribution in [0, 0.1) is 0 Å². The molecular formula is C16H25N3. The van der Waals surface area contributed by atoms with E-state index in [1.54, 1.807) is 5.56 Å². The van der Waals surface area contributed by atoms with Gasteiger partial charge in [0.25, 0.3) is 0 Å². The zero-order valence-electron chi connectivity index (χ0n) is 11.9. The Morgan fingerprint density at radius 3 is 2.95 bits per heavy atom. The number of benzene rings is 1. The van der Waals surface area contributed by atoms with E-state index in [1.807, 2.05) is 0 Å². The Hall–Kier alpha value is -0.900. The monoisotopic (exact) mass is 259 g/mol. The summed E-state index contributed by atoms with van der Waals surface area (Å²) in [6.45, 7) is 7.04. The van der Waals surface area contributed by atoms with Gasteiger partial charge in [0.2, 0.25) is 0 Å². The van der Waals surface area contributed by atoms with Gasteiger partial charge < -0.3 is 10.2 Å². The highest BCUT2D eigenvalue weighted by Gasteiger charge is 2.25. The van der Waals surface area contributed by atoms with Crippen LogP contribution < -0.4 is 5.32 Å². The summed E-state index contributed by atoms with van der Waals surface area (Å²) in [5.74, 6) is 0. The molecule has 0 spiro atoms. The van der Waals surface area contributed by atoms with Crippen molar-refractivity contribution in [2.45, 2.75) is 25.4 Å². The first-order valence-corrected chi connectivity index (χ1v) is 7.56. The minimum Gasteiger partial charge on any atom is -0.313 e. The molecule has 0 aromatic heterocycles. The Morgan fingerprint density at radius 1 is 1.11 bits per heavy atom. The quantitative estimate of drug-likeness (QED) is 0.830. The molecule has 3 rings (SSSR count). The van der Waals surface area contributed by atoms with Gasteiger partial charge in [-0.05, 0) is 44.1 Å². The van der Waals surface area contributed by atoms with Gasteiger partial charge in [0.1, 0.15) is 0 Å². The molecule has 3 nitrogen and oxygen atoms in total. The Bertz CT molecular complexity index is 418. The van der Waals surface area contributed by atoms with Gasteiger partial charge >= 0.3 is 0 Å². The molecule has 1 aromatic carbocycles. The fourth-order valence-electron chi connectivity index (χ4n) is 3.40. The lowest BCUT2D eigenvalue weighted by atomic mass is 9.98. The highest BCUT2D eigenvalue weighted by atomic mass is 15.2. The second kappa shape index (κ2) is 6.04. The van der Waals surface area contributed by atoms with E-state index in [4.69, 9.17) is 0 Å². The summed E-state index contributed by atoms with van der Waals surface area (Å²) in [5.41, 5.74) is 3.04. The van der Waals surface area contributed by atoms with Crippen molar-refractivity contribution in [3.05, 3.63) is 35.4 Å². The molecule has 1 saturated heterocycles. The maximum Gasteiger partial charge on any atom is 0.0363 e. The number of rotatable bonds is 1. The van der Waals surface area contributed by atoms with Crippen molar-refractivity contribution in [2.24, 2.45) is 0 Å². The number of hydrogen-bond acceptors (Lipinski definition) is 3. The van der Waals surface area contributed by atoms with E-state index in [-0.39, 0.29) is 0 Å². The summed E-state index contributed by atoms with van der Waals surface area (Å²) in [4.78, 5) is 5.16. The zero-order valence-corrected chi connectivity index (χ0v) is 11.9. The van der Waals surface area contributed by atoms with Gasteiger partial charge in [0.05, 0.1) is 0 Å². The number of nitrogens with one attached hydrogen (secondary N) is 1. The average molecular weight is 259 g/mol. The van der Waals surface area contributed by atoms with Crippen LogP contribution in [0.4, 0.5) is 0 Å². The van der Waals surface area contributed by atoms with Crippen LogP contribution >= 0.6 is 0 Å². The molecule has 1 fully saturated rings. The van der Waals surface area contributed by atoms with E-state index in [9.17, 15) is 0 Å². The topological polar surface area (TPSA) is 18.5 Å². The molecule has 1 atom stereocenters. The Balaban J connectivity index is 1.83. The molecule has 0 aliphatic carbocycles. The SMILES string of the molecule is CN1CCCN(C2CCNCc3ccccc32)CC1. The lowest BCUT2D eigenvalue weighted by Gasteiger charge is -2.31. The van der Waals surface area contributed by atoms with Crippen molar-refractivity contribution in [3.8, 4) is 0 Å². The summed E-state index contributed by atoms with van der Waals surface area (Å²) in [5, 5.41) is 3.56. The second-order valence-corrected chi connectivity index (χ2v) is 5.87. The third kappa shape index (κ3) is 2.99. The summed E-state index contributed by atoms with van der Waals surface area (Å²) in [6.07, 6.45) is 2.53. The first kappa shape index (κ1) is 13.1. The third-order valence-corrected chi connectivity index (χ3v) is 4.52. The van der Waals surface area contributed by atoms with Crippen molar-refractivity contribution in [2.75, 3.05) is 39.8 Å². The first-order valence-electron chi connectivity index (χ1n) is 7.56. The van der Waals surface area contributed by atoms with Gasteiger partial charge in [-0.3, -0.25) is 4.90 Å². The van der Waals surface area contributed by atoms with Crippen LogP contribution in [0.3, 0.4) is 0 Å². The molecule has 3 heteroatoms. The standard InChI is InChI=1S/C16H25N3/c1-18-9-4-10-19(12-11-18)16-7-8-17-13-14-5-2-3-6-15(14)16/h2-3,5-6,16-17H,4,7-13H2,1H3. The Morgan fingerprint density at radius 2 is 2.00 bits per heavy atom.